The van der Waals surface area contributed by atoms with E-state index < -0.39 is 6.10 Å². The Morgan fingerprint density at radius 1 is 0.259 bits per heavy atom. The zero-order chi connectivity index (χ0) is 58.5. The number of allylic oxidation sites excluding steroid dienone is 20. The fraction of sp³-hybridized carbons (Fsp3) is 0.693. The molecule has 0 aromatic heterocycles. The highest BCUT2D eigenvalue weighted by molar-refractivity contribution is 5.71. The van der Waals surface area contributed by atoms with Crippen LogP contribution < -0.4 is 0 Å². The van der Waals surface area contributed by atoms with Crippen LogP contribution in [0.25, 0.3) is 0 Å². The summed E-state index contributed by atoms with van der Waals surface area (Å²) in [7, 11) is 0. The maximum absolute atomic E-state index is 12.8. The summed E-state index contributed by atoms with van der Waals surface area (Å²) in [6, 6.07) is 0. The first kappa shape index (κ1) is 76.8. The van der Waals surface area contributed by atoms with Crippen LogP contribution in [0, 0.1) is 0 Å². The summed E-state index contributed by atoms with van der Waals surface area (Å²) in [6.07, 6.45) is 95.6. The minimum absolute atomic E-state index is 0.0783. The molecule has 0 N–H and O–H groups in total. The quantitative estimate of drug-likeness (QED) is 0.0261. The number of hydrogen-bond donors (Lipinski definition) is 0. The van der Waals surface area contributed by atoms with Gasteiger partial charge in [-0.2, -0.15) is 0 Å². The van der Waals surface area contributed by atoms with E-state index in [1.54, 1.807) is 0 Å². The minimum Gasteiger partial charge on any atom is -0.462 e. The van der Waals surface area contributed by atoms with Crippen LogP contribution in [0.5, 0.6) is 0 Å². The minimum atomic E-state index is -0.778. The summed E-state index contributed by atoms with van der Waals surface area (Å²) in [5.74, 6) is -0.888. The lowest BCUT2D eigenvalue weighted by atomic mass is 10.0. The van der Waals surface area contributed by atoms with Crippen LogP contribution in [-0.4, -0.2) is 37.2 Å². The van der Waals surface area contributed by atoms with Gasteiger partial charge >= 0.3 is 17.9 Å². The van der Waals surface area contributed by atoms with Crippen LogP contribution in [0.1, 0.15) is 316 Å². The van der Waals surface area contributed by atoms with Crippen molar-refractivity contribution >= 4 is 17.9 Å². The number of unbranched alkanes of at least 4 members (excludes halogenated alkanes) is 30. The molecule has 0 radical (unpaired) electrons. The monoisotopic (exact) mass is 1120 g/mol. The second-order valence-electron chi connectivity index (χ2n) is 22.3. The molecule has 0 aromatic rings. The molecule has 6 nitrogen and oxygen atoms in total. The van der Waals surface area contributed by atoms with Crippen molar-refractivity contribution in [2.24, 2.45) is 0 Å². The van der Waals surface area contributed by atoms with Crippen molar-refractivity contribution in [3.05, 3.63) is 122 Å². The third-order valence-corrected chi connectivity index (χ3v) is 14.5. The van der Waals surface area contributed by atoms with Crippen molar-refractivity contribution < 1.29 is 28.6 Å². The lowest BCUT2D eigenvalue weighted by Gasteiger charge is -2.18. The summed E-state index contributed by atoms with van der Waals surface area (Å²) < 4.78 is 16.8. The fourth-order valence-corrected chi connectivity index (χ4v) is 9.44. The molecule has 0 saturated carbocycles. The molecule has 6 heteroatoms. The van der Waals surface area contributed by atoms with E-state index in [1.807, 2.05) is 0 Å². The molecule has 0 spiro atoms. The van der Waals surface area contributed by atoms with Gasteiger partial charge in [-0.1, -0.05) is 309 Å². The SMILES string of the molecule is CC/C=C\C/C=C\C/C=C\C/C=C\C/C=C\C/C=C\CCCCCCCCCCCCCCCCCCC(=O)OCC(COC(=O)CCCCCCC)OC(=O)CCCCCCCCCCCC/C=C\C/C=C\C/C=C\C/C=C\CC. The topological polar surface area (TPSA) is 78.9 Å². The van der Waals surface area contributed by atoms with Gasteiger partial charge in [0, 0.05) is 19.3 Å². The van der Waals surface area contributed by atoms with Crippen molar-refractivity contribution in [2.75, 3.05) is 13.2 Å². The Morgan fingerprint density at radius 3 is 0.753 bits per heavy atom. The van der Waals surface area contributed by atoms with Gasteiger partial charge in [0.15, 0.2) is 6.10 Å². The van der Waals surface area contributed by atoms with Gasteiger partial charge in [-0.25, -0.2) is 0 Å². The maximum Gasteiger partial charge on any atom is 0.306 e. The van der Waals surface area contributed by atoms with Gasteiger partial charge in [0.05, 0.1) is 0 Å². The molecule has 0 amide bonds. The molecule has 0 heterocycles. The van der Waals surface area contributed by atoms with Gasteiger partial charge in [-0.05, 0) is 109 Å². The normalized spacial score (nSPS) is 12.9. The van der Waals surface area contributed by atoms with Crippen LogP contribution in [0.4, 0.5) is 0 Å². The first-order chi connectivity index (χ1) is 40.0. The summed E-state index contributed by atoms with van der Waals surface area (Å²) in [5, 5.41) is 0. The van der Waals surface area contributed by atoms with Gasteiger partial charge in [-0.3, -0.25) is 14.4 Å². The average molecular weight is 1120 g/mol. The standard InChI is InChI=1S/C75H126O6/c1-4-7-10-13-15-17-19-21-23-25-27-29-31-32-33-34-35-36-37-38-39-40-41-42-44-45-47-49-51-53-55-57-59-62-65-68-74(77)80-71-72(70-79-73(76)67-64-61-12-9-6-3)81-75(78)69-66-63-60-58-56-54-52-50-48-46-43-30-28-26-24-22-20-18-16-14-11-8-5-2/h7-8,10-11,15-18,21-24,27-30,32-33,35-36,72H,4-6,9,12-14,19-20,25-26,31,34,37-71H2,1-3H3/b10-7-,11-8-,17-15-,18-16-,23-21-,24-22-,29-27-,30-28-,33-32-,36-35-. The van der Waals surface area contributed by atoms with Gasteiger partial charge in [0.2, 0.25) is 0 Å². The predicted octanol–water partition coefficient (Wildman–Crippen LogP) is 23.6. The largest absolute Gasteiger partial charge is 0.462 e. The van der Waals surface area contributed by atoms with Crippen molar-refractivity contribution in [1.82, 2.24) is 0 Å². The van der Waals surface area contributed by atoms with E-state index in [2.05, 4.69) is 142 Å². The number of carbonyl (C=O) groups excluding carboxylic acids is 3. The molecule has 1 atom stereocenters. The second kappa shape index (κ2) is 68.3. The van der Waals surface area contributed by atoms with Crippen molar-refractivity contribution in [1.29, 1.82) is 0 Å². The van der Waals surface area contributed by atoms with E-state index in [0.717, 1.165) is 128 Å². The fourth-order valence-electron chi connectivity index (χ4n) is 9.44. The van der Waals surface area contributed by atoms with E-state index in [-0.39, 0.29) is 31.1 Å². The Bertz CT molecular complexity index is 1670. The highest BCUT2D eigenvalue weighted by Crippen LogP contribution is 2.17. The van der Waals surface area contributed by atoms with Crippen molar-refractivity contribution in [2.45, 2.75) is 322 Å². The zero-order valence-electron chi connectivity index (χ0n) is 53.0. The Balaban J connectivity index is 3.98. The molecular formula is C75H126O6. The Labute approximate surface area is 501 Å². The zero-order valence-corrected chi connectivity index (χ0v) is 53.0. The molecule has 1 unspecified atom stereocenters. The molecule has 0 fully saturated rings. The van der Waals surface area contributed by atoms with Crippen molar-refractivity contribution in [3.63, 3.8) is 0 Å². The van der Waals surface area contributed by atoms with E-state index in [4.69, 9.17) is 14.2 Å². The Morgan fingerprint density at radius 2 is 0.481 bits per heavy atom. The first-order valence-electron chi connectivity index (χ1n) is 34.0. The first-order valence-corrected chi connectivity index (χ1v) is 34.0. The molecule has 0 aliphatic rings. The molecule has 0 rings (SSSR count). The molecule has 0 bridgehead atoms. The third kappa shape index (κ3) is 66.5. The Hall–Kier alpha value is -4.19. The molecule has 462 valence electrons. The number of esters is 3. The number of hydrogen-bond acceptors (Lipinski definition) is 6. The highest BCUT2D eigenvalue weighted by Gasteiger charge is 2.19. The average Bonchev–Trinajstić information content (AvgIpc) is 3.47. The van der Waals surface area contributed by atoms with E-state index >= 15 is 0 Å². The molecule has 81 heavy (non-hydrogen) atoms. The van der Waals surface area contributed by atoms with Crippen LogP contribution >= 0.6 is 0 Å². The van der Waals surface area contributed by atoms with Gasteiger partial charge in [-0.15, -0.1) is 0 Å². The van der Waals surface area contributed by atoms with Crippen LogP contribution in [0.3, 0.4) is 0 Å². The molecule has 0 aromatic carbocycles. The summed E-state index contributed by atoms with van der Waals surface area (Å²) >= 11 is 0. The van der Waals surface area contributed by atoms with E-state index in [1.165, 1.54) is 148 Å². The number of ether oxygens (including phenoxy) is 3. The van der Waals surface area contributed by atoms with E-state index in [9.17, 15) is 14.4 Å². The van der Waals surface area contributed by atoms with Gasteiger partial charge in [0.25, 0.3) is 0 Å². The maximum atomic E-state index is 12.8. The molecule has 0 aliphatic heterocycles. The second-order valence-corrected chi connectivity index (χ2v) is 22.3. The van der Waals surface area contributed by atoms with Gasteiger partial charge < -0.3 is 14.2 Å². The predicted molar refractivity (Wildman–Crippen MR) is 353 cm³/mol. The smallest absolute Gasteiger partial charge is 0.306 e. The summed E-state index contributed by atoms with van der Waals surface area (Å²) in [5.41, 5.74) is 0. The van der Waals surface area contributed by atoms with Crippen LogP contribution in [-0.2, 0) is 28.6 Å². The van der Waals surface area contributed by atoms with Crippen LogP contribution in [0.2, 0.25) is 0 Å². The van der Waals surface area contributed by atoms with E-state index in [0.29, 0.717) is 19.3 Å². The van der Waals surface area contributed by atoms with Crippen molar-refractivity contribution in [3.8, 4) is 0 Å². The molecule has 0 aliphatic carbocycles. The lowest BCUT2D eigenvalue weighted by Crippen LogP contribution is -2.30. The number of carbonyl (C=O) groups is 3. The highest BCUT2D eigenvalue weighted by atomic mass is 16.6. The Kier molecular flexibility index (Phi) is 64.8. The van der Waals surface area contributed by atoms with Gasteiger partial charge in [0.1, 0.15) is 13.2 Å². The lowest BCUT2D eigenvalue weighted by molar-refractivity contribution is -0.167. The summed E-state index contributed by atoms with van der Waals surface area (Å²) in [6.45, 7) is 6.35. The van der Waals surface area contributed by atoms with Crippen LogP contribution in [0.15, 0.2) is 122 Å². The summed E-state index contributed by atoms with van der Waals surface area (Å²) in [4.78, 5) is 38.0. The molecular weight excluding hydrogens is 997 g/mol. The number of rotatable bonds is 61. The third-order valence-electron chi connectivity index (χ3n) is 14.5. The molecule has 0 saturated heterocycles.